The van der Waals surface area contributed by atoms with Gasteiger partial charge in [0.1, 0.15) is 18.1 Å². The van der Waals surface area contributed by atoms with Crippen LogP contribution in [0.4, 0.5) is 10.5 Å². The van der Waals surface area contributed by atoms with Gasteiger partial charge in [0.15, 0.2) is 0 Å². The maximum atomic E-state index is 11.9. The summed E-state index contributed by atoms with van der Waals surface area (Å²) >= 11 is 0. The van der Waals surface area contributed by atoms with Crippen LogP contribution in [-0.4, -0.2) is 26.3 Å². The molecular formula is C22H20N2O3. The SMILES string of the molecule is COc1cccc(NC(=O)NCC#CCOc2cccc3ccccc23)c1. The highest BCUT2D eigenvalue weighted by atomic mass is 16.5. The molecule has 0 spiro atoms. The molecule has 3 rings (SSSR count). The van der Waals surface area contributed by atoms with Crippen molar-refractivity contribution in [2.75, 3.05) is 25.6 Å². The van der Waals surface area contributed by atoms with Crippen LogP contribution in [0.25, 0.3) is 10.8 Å². The Morgan fingerprint density at radius 1 is 1.00 bits per heavy atom. The van der Waals surface area contributed by atoms with E-state index < -0.39 is 0 Å². The van der Waals surface area contributed by atoms with Crippen molar-refractivity contribution in [1.29, 1.82) is 0 Å². The van der Waals surface area contributed by atoms with E-state index in [1.165, 1.54) is 0 Å². The zero-order valence-corrected chi connectivity index (χ0v) is 15.0. The van der Waals surface area contributed by atoms with Crippen molar-refractivity contribution < 1.29 is 14.3 Å². The number of benzene rings is 3. The lowest BCUT2D eigenvalue weighted by molar-refractivity contribution is 0.253. The molecule has 0 fully saturated rings. The molecule has 0 radical (unpaired) electrons. The Labute approximate surface area is 158 Å². The standard InChI is InChI=1S/C22H20N2O3/c1-26-19-11-7-10-18(16-19)24-22(25)23-14-4-5-15-27-21-13-6-9-17-8-2-3-12-20(17)21/h2-3,6-13,16H,14-15H2,1H3,(H2,23,24,25). The fourth-order valence-electron chi connectivity index (χ4n) is 2.55. The Balaban J connectivity index is 1.44. The quantitative estimate of drug-likeness (QED) is 0.675. The smallest absolute Gasteiger partial charge is 0.319 e. The molecular weight excluding hydrogens is 340 g/mol. The number of ether oxygens (including phenoxy) is 2. The first kappa shape index (κ1) is 18.2. The number of hydrogen-bond donors (Lipinski definition) is 2. The molecule has 0 saturated heterocycles. The molecule has 2 N–H and O–H groups in total. The first-order valence-corrected chi connectivity index (χ1v) is 8.51. The van der Waals surface area contributed by atoms with Crippen molar-refractivity contribution in [3.05, 3.63) is 66.7 Å². The Kier molecular flexibility index (Phi) is 6.16. The number of carbonyl (C=O) groups excluding carboxylic acids is 1. The van der Waals surface area contributed by atoms with E-state index in [9.17, 15) is 4.79 Å². The number of carbonyl (C=O) groups is 1. The van der Waals surface area contributed by atoms with Crippen LogP contribution in [0.15, 0.2) is 66.7 Å². The Hall–Kier alpha value is -3.65. The van der Waals surface area contributed by atoms with Crippen LogP contribution >= 0.6 is 0 Å². The Morgan fingerprint density at radius 2 is 1.81 bits per heavy atom. The summed E-state index contributed by atoms with van der Waals surface area (Å²) in [6, 6.07) is 20.8. The third-order valence-electron chi connectivity index (χ3n) is 3.84. The van der Waals surface area contributed by atoms with Gasteiger partial charge >= 0.3 is 6.03 Å². The van der Waals surface area contributed by atoms with E-state index in [0.29, 0.717) is 11.4 Å². The van der Waals surface area contributed by atoms with E-state index >= 15 is 0 Å². The van der Waals surface area contributed by atoms with Gasteiger partial charge in [-0.1, -0.05) is 54.3 Å². The van der Waals surface area contributed by atoms with Crippen LogP contribution in [0.1, 0.15) is 0 Å². The fraction of sp³-hybridized carbons (Fsp3) is 0.136. The summed E-state index contributed by atoms with van der Waals surface area (Å²) in [7, 11) is 1.58. The molecule has 0 aliphatic carbocycles. The second-order valence-electron chi connectivity index (χ2n) is 5.66. The van der Waals surface area contributed by atoms with E-state index in [1.54, 1.807) is 25.3 Å². The van der Waals surface area contributed by atoms with Crippen molar-refractivity contribution in [2.45, 2.75) is 0 Å². The molecule has 27 heavy (non-hydrogen) atoms. The average Bonchev–Trinajstić information content (AvgIpc) is 2.70. The van der Waals surface area contributed by atoms with Crippen molar-refractivity contribution in [3.63, 3.8) is 0 Å². The van der Waals surface area contributed by atoms with Gasteiger partial charge in [0.25, 0.3) is 0 Å². The van der Waals surface area contributed by atoms with Gasteiger partial charge in [-0.2, -0.15) is 0 Å². The third kappa shape index (κ3) is 5.16. The highest BCUT2D eigenvalue weighted by Gasteiger charge is 2.01. The zero-order chi connectivity index (χ0) is 18.9. The minimum atomic E-state index is -0.326. The van der Waals surface area contributed by atoms with E-state index in [2.05, 4.69) is 22.5 Å². The first-order valence-electron chi connectivity index (χ1n) is 8.51. The van der Waals surface area contributed by atoms with Crippen LogP contribution in [0, 0.1) is 11.8 Å². The molecule has 0 aliphatic heterocycles. The highest BCUT2D eigenvalue weighted by molar-refractivity contribution is 5.89. The largest absolute Gasteiger partial charge is 0.497 e. The summed E-state index contributed by atoms with van der Waals surface area (Å²) in [5, 5.41) is 7.58. The van der Waals surface area contributed by atoms with Gasteiger partial charge in [-0.25, -0.2) is 4.79 Å². The zero-order valence-electron chi connectivity index (χ0n) is 15.0. The van der Waals surface area contributed by atoms with Gasteiger partial charge in [0.2, 0.25) is 0 Å². The van der Waals surface area contributed by atoms with Crippen LogP contribution in [0.5, 0.6) is 11.5 Å². The van der Waals surface area contributed by atoms with Crippen LogP contribution < -0.4 is 20.1 Å². The van der Waals surface area contributed by atoms with E-state index in [0.717, 1.165) is 16.5 Å². The van der Waals surface area contributed by atoms with Gasteiger partial charge in [0.05, 0.1) is 13.7 Å². The third-order valence-corrected chi connectivity index (χ3v) is 3.84. The maximum Gasteiger partial charge on any atom is 0.319 e. The van der Waals surface area contributed by atoms with Crippen LogP contribution in [0.2, 0.25) is 0 Å². The van der Waals surface area contributed by atoms with Crippen LogP contribution in [-0.2, 0) is 0 Å². The Bertz CT molecular complexity index is 984. The summed E-state index contributed by atoms with van der Waals surface area (Å²) in [6.07, 6.45) is 0. The summed E-state index contributed by atoms with van der Waals surface area (Å²) in [6.45, 7) is 0.488. The van der Waals surface area contributed by atoms with Gasteiger partial charge in [-0.3, -0.25) is 0 Å². The molecule has 5 nitrogen and oxygen atoms in total. The second-order valence-corrected chi connectivity index (χ2v) is 5.66. The number of methoxy groups -OCH3 is 1. The van der Waals surface area contributed by atoms with Crippen molar-refractivity contribution >= 4 is 22.5 Å². The Morgan fingerprint density at radius 3 is 2.70 bits per heavy atom. The lowest BCUT2D eigenvalue weighted by Gasteiger charge is -2.07. The molecule has 3 aromatic carbocycles. The van der Waals surface area contributed by atoms with Crippen molar-refractivity contribution in [1.82, 2.24) is 5.32 Å². The predicted octanol–water partition coefficient (Wildman–Crippen LogP) is 4.05. The van der Waals surface area contributed by atoms with E-state index in [1.807, 2.05) is 48.5 Å². The monoisotopic (exact) mass is 360 g/mol. The highest BCUT2D eigenvalue weighted by Crippen LogP contribution is 2.24. The predicted molar refractivity (Wildman–Crippen MR) is 107 cm³/mol. The summed E-state index contributed by atoms with van der Waals surface area (Å²) in [5.74, 6) is 7.25. The molecule has 0 saturated carbocycles. The molecule has 0 heterocycles. The molecule has 0 unspecified atom stereocenters. The fourth-order valence-corrected chi connectivity index (χ4v) is 2.55. The number of rotatable bonds is 5. The normalized spacial score (nSPS) is 9.81. The van der Waals surface area contributed by atoms with E-state index in [4.69, 9.17) is 9.47 Å². The van der Waals surface area contributed by atoms with Gasteiger partial charge < -0.3 is 20.1 Å². The van der Waals surface area contributed by atoms with Gasteiger partial charge in [0, 0.05) is 17.1 Å². The molecule has 0 atom stereocenters. The van der Waals surface area contributed by atoms with Gasteiger partial charge in [-0.05, 0) is 23.6 Å². The summed E-state index contributed by atoms with van der Waals surface area (Å²) < 4.78 is 10.8. The number of nitrogens with one attached hydrogen (secondary N) is 2. The lowest BCUT2D eigenvalue weighted by Crippen LogP contribution is -2.28. The number of amides is 2. The molecule has 5 heteroatoms. The van der Waals surface area contributed by atoms with Crippen molar-refractivity contribution in [3.8, 4) is 23.3 Å². The summed E-state index contributed by atoms with van der Waals surface area (Å²) in [4.78, 5) is 11.9. The van der Waals surface area contributed by atoms with E-state index in [-0.39, 0.29) is 19.2 Å². The van der Waals surface area contributed by atoms with Gasteiger partial charge in [-0.15, -0.1) is 0 Å². The molecule has 0 aliphatic rings. The van der Waals surface area contributed by atoms with Crippen molar-refractivity contribution in [2.24, 2.45) is 0 Å². The number of fused-ring (bicyclic) bond motifs is 1. The second kappa shape index (κ2) is 9.16. The average molecular weight is 360 g/mol. The molecule has 136 valence electrons. The topological polar surface area (TPSA) is 59.6 Å². The number of anilines is 1. The lowest BCUT2D eigenvalue weighted by atomic mass is 10.1. The summed E-state index contributed by atoms with van der Waals surface area (Å²) in [5.41, 5.74) is 0.652. The minimum absolute atomic E-state index is 0.231. The molecule has 3 aromatic rings. The maximum absolute atomic E-state index is 11.9. The minimum Gasteiger partial charge on any atom is -0.497 e. The molecule has 0 bridgehead atoms. The van der Waals surface area contributed by atoms with Crippen LogP contribution in [0.3, 0.4) is 0 Å². The molecule has 2 amide bonds. The molecule has 0 aromatic heterocycles. The number of hydrogen-bond acceptors (Lipinski definition) is 3. The first-order chi connectivity index (χ1) is 13.3. The number of urea groups is 1.